The summed E-state index contributed by atoms with van der Waals surface area (Å²) in [4.78, 5) is 2.53. The van der Waals surface area contributed by atoms with Gasteiger partial charge in [0.05, 0.1) is 0 Å². The van der Waals surface area contributed by atoms with Gasteiger partial charge in [-0.2, -0.15) is 0 Å². The fourth-order valence-corrected chi connectivity index (χ4v) is 2.82. The highest BCUT2D eigenvalue weighted by Gasteiger charge is 2.13. The van der Waals surface area contributed by atoms with Crippen LogP contribution >= 0.6 is 0 Å². The molecule has 2 aliphatic heterocycles. The van der Waals surface area contributed by atoms with Crippen molar-refractivity contribution in [1.29, 1.82) is 0 Å². The number of nitrogens with one attached hydrogen (secondary N) is 1. The third-order valence-electron chi connectivity index (χ3n) is 3.70. The van der Waals surface area contributed by atoms with Gasteiger partial charge >= 0.3 is 0 Å². The SMILES string of the molecule is CC1=CCCN(Cc2ccc3c(c2)NCC3)C1. The Morgan fingerprint density at radius 3 is 3.18 bits per heavy atom. The summed E-state index contributed by atoms with van der Waals surface area (Å²) in [5, 5.41) is 3.46. The van der Waals surface area contributed by atoms with Crippen molar-refractivity contribution in [2.45, 2.75) is 26.3 Å². The van der Waals surface area contributed by atoms with Gasteiger partial charge in [-0.3, -0.25) is 4.90 Å². The lowest BCUT2D eigenvalue weighted by molar-refractivity contribution is 0.282. The van der Waals surface area contributed by atoms with Crippen LogP contribution in [0.2, 0.25) is 0 Å². The van der Waals surface area contributed by atoms with Crippen molar-refractivity contribution in [2.24, 2.45) is 0 Å². The smallest absolute Gasteiger partial charge is 0.0376 e. The summed E-state index contributed by atoms with van der Waals surface area (Å²) in [5.74, 6) is 0. The first-order valence-electron chi connectivity index (χ1n) is 6.55. The number of benzene rings is 1. The molecule has 0 amide bonds. The third kappa shape index (κ3) is 2.37. The zero-order valence-electron chi connectivity index (χ0n) is 10.5. The number of nitrogens with zero attached hydrogens (tertiary/aromatic N) is 1. The summed E-state index contributed by atoms with van der Waals surface area (Å²) in [7, 11) is 0. The molecule has 2 aliphatic rings. The molecule has 0 spiro atoms. The van der Waals surface area contributed by atoms with Crippen molar-refractivity contribution in [2.75, 3.05) is 25.0 Å². The quantitative estimate of drug-likeness (QED) is 0.783. The molecule has 3 rings (SSSR count). The Bertz CT molecular complexity index is 448. The maximum Gasteiger partial charge on any atom is 0.0376 e. The molecule has 0 radical (unpaired) electrons. The van der Waals surface area contributed by atoms with Crippen LogP contribution in [0, 0.1) is 0 Å². The molecule has 0 atom stereocenters. The molecule has 2 heterocycles. The van der Waals surface area contributed by atoms with Crippen LogP contribution in [0.25, 0.3) is 0 Å². The molecule has 2 heteroatoms. The van der Waals surface area contributed by atoms with Gasteiger partial charge in [-0.25, -0.2) is 0 Å². The van der Waals surface area contributed by atoms with Crippen LogP contribution in [0.3, 0.4) is 0 Å². The highest BCUT2D eigenvalue weighted by molar-refractivity contribution is 5.57. The normalized spacial score (nSPS) is 19.7. The van der Waals surface area contributed by atoms with Crippen LogP contribution in [-0.2, 0) is 13.0 Å². The van der Waals surface area contributed by atoms with Crippen molar-refractivity contribution in [3.8, 4) is 0 Å². The van der Waals surface area contributed by atoms with Crippen LogP contribution in [0.5, 0.6) is 0 Å². The van der Waals surface area contributed by atoms with E-state index in [0.717, 1.165) is 19.6 Å². The molecule has 1 aromatic carbocycles. The lowest BCUT2D eigenvalue weighted by Crippen LogP contribution is -2.28. The van der Waals surface area contributed by atoms with E-state index in [1.165, 1.54) is 41.8 Å². The highest BCUT2D eigenvalue weighted by Crippen LogP contribution is 2.24. The maximum absolute atomic E-state index is 3.46. The topological polar surface area (TPSA) is 15.3 Å². The Balaban J connectivity index is 1.71. The predicted octanol–water partition coefficient (Wildman–Crippen LogP) is 2.81. The molecular weight excluding hydrogens is 208 g/mol. The van der Waals surface area contributed by atoms with E-state index in [4.69, 9.17) is 0 Å². The molecule has 17 heavy (non-hydrogen) atoms. The average molecular weight is 228 g/mol. The van der Waals surface area contributed by atoms with E-state index in [0.29, 0.717) is 0 Å². The zero-order chi connectivity index (χ0) is 11.7. The van der Waals surface area contributed by atoms with Gasteiger partial charge < -0.3 is 5.32 Å². The molecule has 0 unspecified atom stereocenters. The Hall–Kier alpha value is -1.28. The molecule has 2 nitrogen and oxygen atoms in total. The first-order chi connectivity index (χ1) is 8.31. The maximum atomic E-state index is 3.46. The van der Waals surface area contributed by atoms with Crippen LogP contribution in [0.1, 0.15) is 24.5 Å². The standard InChI is InChI=1S/C15H20N2/c1-12-3-2-8-17(10-12)11-13-4-5-14-6-7-16-15(14)9-13/h3-5,9,16H,2,6-8,10-11H2,1H3. The molecule has 0 saturated carbocycles. The molecule has 0 bridgehead atoms. The minimum atomic E-state index is 1.08. The number of anilines is 1. The Morgan fingerprint density at radius 2 is 2.29 bits per heavy atom. The predicted molar refractivity (Wildman–Crippen MR) is 72.3 cm³/mol. The third-order valence-corrected chi connectivity index (χ3v) is 3.70. The van der Waals surface area contributed by atoms with Gasteiger partial charge in [-0.15, -0.1) is 0 Å². The summed E-state index contributed by atoms with van der Waals surface area (Å²) in [6, 6.07) is 6.91. The zero-order valence-corrected chi connectivity index (χ0v) is 10.5. The lowest BCUT2D eigenvalue weighted by Gasteiger charge is -2.26. The van der Waals surface area contributed by atoms with Crippen LogP contribution < -0.4 is 5.32 Å². The minimum Gasteiger partial charge on any atom is -0.384 e. The van der Waals surface area contributed by atoms with E-state index in [2.05, 4.69) is 41.4 Å². The van der Waals surface area contributed by atoms with Gasteiger partial charge in [0, 0.05) is 31.9 Å². The van der Waals surface area contributed by atoms with Crippen LogP contribution in [0.15, 0.2) is 29.8 Å². The van der Waals surface area contributed by atoms with Gasteiger partial charge in [0.25, 0.3) is 0 Å². The van der Waals surface area contributed by atoms with E-state index < -0.39 is 0 Å². The van der Waals surface area contributed by atoms with Crippen LogP contribution in [-0.4, -0.2) is 24.5 Å². The second-order valence-corrected chi connectivity index (χ2v) is 5.22. The van der Waals surface area contributed by atoms with Gasteiger partial charge in [0.2, 0.25) is 0 Å². The summed E-state index contributed by atoms with van der Waals surface area (Å²) >= 11 is 0. The molecule has 0 aliphatic carbocycles. The van der Waals surface area contributed by atoms with E-state index in [-0.39, 0.29) is 0 Å². The number of fused-ring (bicyclic) bond motifs is 1. The Kier molecular flexibility index (Phi) is 2.89. The van der Waals surface area contributed by atoms with Crippen LogP contribution in [0.4, 0.5) is 5.69 Å². The minimum absolute atomic E-state index is 1.08. The molecule has 1 N–H and O–H groups in total. The lowest BCUT2D eigenvalue weighted by atomic mass is 10.1. The molecule has 0 fully saturated rings. The van der Waals surface area contributed by atoms with E-state index in [1.807, 2.05) is 0 Å². The average Bonchev–Trinajstić information content (AvgIpc) is 2.76. The molecule has 0 aromatic heterocycles. The van der Waals surface area contributed by atoms with E-state index >= 15 is 0 Å². The second kappa shape index (κ2) is 4.53. The fraction of sp³-hybridized carbons (Fsp3) is 0.467. The van der Waals surface area contributed by atoms with Crippen molar-refractivity contribution < 1.29 is 0 Å². The molecular formula is C15H20N2. The molecule has 0 saturated heterocycles. The van der Waals surface area contributed by atoms with E-state index in [9.17, 15) is 0 Å². The second-order valence-electron chi connectivity index (χ2n) is 5.22. The summed E-state index contributed by atoms with van der Waals surface area (Å²) in [5.41, 5.74) is 5.78. The van der Waals surface area contributed by atoms with Gasteiger partial charge in [0.15, 0.2) is 0 Å². The summed E-state index contributed by atoms with van der Waals surface area (Å²) in [6.45, 7) is 6.74. The van der Waals surface area contributed by atoms with Crippen molar-refractivity contribution in [3.63, 3.8) is 0 Å². The van der Waals surface area contributed by atoms with Gasteiger partial charge in [-0.05, 0) is 37.0 Å². The van der Waals surface area contributed by atoms with Gasteiger partial charge in [-0.1, -0.05) is 23.8 Å². The monoisotopic (exact) mass is 228 g/mol. The number of hydrogen-bond donors (Lipinski definition) is 1. The van der Waals surface area contributed by atoms with Crippen molar-refractivity contribution in [3.05, 3.63) is 41.0 Å². The molecule has 1 aromatic rings. The first kappa shape index (κ1) is 10.8. The largest absolute Gasteiger partial charge is 0.384 e. The highest BCUT2D eigenvalue weighted by atomic mass is 15.1. The Morgan fingerprint density at radius 1 is 1.35 bits per heavy atom. The van der Waals surface area contributed by atoms with Crippen molar-refractivity contribution in [1.82, 2.24) is 4.90 Å². The van der Waals surface area contributed by atoms with E-state index in [1.54, 1.807) is 0 Å². The number of hydrogen-bond acceptors (Lipinski definition) is 2. The molecule has 90 valence electrons. The summed E-state index contributed by atoms with van der Waals surface area (Å²) in [6.07, 6.45) is 4.75. The first-order valence-corrected chi connectivity index (χ1v) is 6.55. The Labute approximate surface area is 103 Å². The van der Waals surface area contributed by atoms with Gasteiger partial charge in [0.1, 0.15) is 0 Å². The number of rotatable bonds is 2. The summed E-state index contributed by atoms with van der Waals surface area (Å²) < 4.78 is 0. The fourth-order valence-electron chi connectivity index (χ4n) is 2.82. The van der Waals surface area contributed by atoms with Crippen molar-refractivity contribution >= 4 is 5.69 Å².